The second-order valence-corrected chi connectivity index (χ2v) is 5.35. The van der Waals surface area contributed by atoms with Gasteiger partial charge in [-0.15, -0.1) is 0 Å². The van der Waals surface area contributed by atoms with E-state index in [1.807, 2.05) is 13.0 Å². The Balaban J connectivity index is 2.38. The molecule has 0 atom stereocenters. The largest absolute Gasteiger partial charge is 0.496 e. The zero-order valence-corrected chi connectivity index (χ0v) is 12.3. The minimum Gasteiger partial charge on any atom is -0.496 e. The molecular formula is C14H18ClNO4. The van der Waals surface area contributed by atoms with Crippen LogP contribution in [0.3, 0.4) is 0 Å². The summed E-state index contributed by atoms with van der Waals surface area (Å²) in [6.07, 6.45) is -0.443. The third-order valence-corrected chi connectivity index (χ3v) is 4.14. The van der Waals surface area contributed by atoms with E-state index >= 15 is 0 Å². The van der Waals surface area contributed by atoms with Gasteiger partial charge in [-0.2, -0.15) is 0 Å². The highest BCUT2D eigenvalue weighted by atomic mass is 35.5. The number of carbonyl (C=O) groups is 1. The summed E-state index contributed by atoms with van der Waals surface area (Å²) in [6, 6.07) is 1.81. The molecule has 0 radical (unpaired) electrons. The van der Waals surface area contributed by atoms with Gasteiger partial charge in [-0.1, -0.05) is 11.6 Å². The van der Waals surface area contributed by atoms with Crippen molar-refractivity contribution in [3.05, 3.63) is 27.8 Å². The predicted molar refractivity (Wildman–Crippen MR) is 75.9 cm³/mol. The fraction of sp³-hybridized carbons (Fsp3) is 0.500. The van der Waals surface area contributed by atoms with Crippen molar-refractivity contribution in [1.82, 2.24) is 4.90 Å². The maximum atomic E-state index is 10.9. The predicted octanol–water partition coefficient (Wildman–Crippen LogP) is 2.27. The van der Waals surface area contributed by atoms with Crippen molar-refractivity contribution in [2.75, 3.05) is 26.8 Å². The van der Waals surface area contributed by atoms with Gasteiger partial charge in [0.05, 0.1) is 7.11 Å². The number of likely N-dealkylation sites (tertiary alicyclic amines) is 1. The van der Waals surface area contributed by atoms with E-state index in [0.29, 0.717) is 24.5 Å². The van der Waals surface area contributed by atoms with E-state index in [0.717, 1.165) is 22.4 Å². The number of rotatable bonds is 4. The molecule has 2 N–H and O–H groups in total. The monoisotopic (exact) mass is 299 g/mol. The Labute approximate surface area is 122 Å². The van der Waals surface area contributed by atoms with E-state index in [9.17, 15) is 4.79 Å². The highest BCUT2D eigenvalue weighted by Gasteiger charge is 2.35. The van der Waals surface area contributed by atoms with Gasteiger partial charge in [-0.05, 0) is 30.5 Å². The number of aliphatic hydroxyl groups excluding tert-OH is 1. The van der Waals surface area contributed by atoms with Crippen LogP contribution < -0.4 is 4.74 Å². The summed E-state index contributed by atoms with van der Waals surface area (Å²) >= 11 is 6.24. The number of aliphatic hydroxyl groups is 1. The van der Waals surface area contributed by atoms with E-state index in [1.165, 1.54) is 4.90 Å². The van der Waals surface area contributed by atoms with Crippen LogP contribution in [0.15, 0.2) is 6.07 Å². The van der Waals surface area contributed by atoms with Gasteiger partial charge in [0.1, 0.15) is 5.75 Å². The number of amides is 1. The second kappa shape index (κ2) is 5.89. The topological polar surface area (TPSA) is 70.0 Å². The van der Waals surface area contributed by atoms with Crippen LogP contribution in [0.4, 0.5) is 4.79 Å². The first-order chi connectivity index (χ1) is 9.49. The van der Waals surface area contributed by atoms with Gasteiger partial charge in [-0.3, -0.25) is 0 Å². The Kier molecular flexibility index (Phi) is 4.40. The van der Waals surface area contributed by atoms with Gasteiger partial charge in [0.15, 0.2) is 0 Å². The highest BCUT2D eigenvalue weighted by molar-refractivity contribution is 6.31. The summed E-state index contributed by atoms with van der Waals surface area (Å²) in [5, 5.41) is 18.7. The van der Waals surface area contributed by atoms with Crippen LogP contribution in [0.2, 0.25) is 5.02 Å². The number of hydrogen-bond acceptors (Lipinski definition) is 3. The van der Waals surface area contributed by atoms with Crippen molar-refractivity contribution in [1.29, 1.82) is 0 Å². The molecule has 1 aliphatic heterocycles. The number of carboxylic acid groups (broad SMARTS) is 1. The van der Waals surface area contributed by atoms with Crippen molar-refractivity contribution in [2.24, 2.45) is 0 Å². The molecule has 1 heterocycles. The minimum absolute atomic E-state index is 0.0150. The number of ether oxygens (including phenoxy) is 1. The molecule has 1 aliphatic rings. The quantitative estimate of drug-likeness (QED) is 0.895. The molecular weight excluding hydrogens is 282 g/mol. The zero-order chi connectivity index (χ0) is 14.9. The van der Waals surface area contributed by atoms with E-state index in [4.69, 9.17) is 26.6 Å². The Morgan fingerprint density at radius 2 is 2.20 bits per heavy atom. The van der Waals surface area contributed by atoms with E-state index in [1.54, 1.807) is 7.11 Å². The molecule has 0 aliphatic carbocycles. The summed E-state index contributed by atoms with van der Waals surface area (Å²) in [5.74, 6) is 0.813. The lowest BCUT2D eigenvalue weighted by Gasteiger charge is -2.39. The van der Waals surface area contributed by atoms with E-state index in [2.05, 4.69) is 0 Å². The van der Waals surface area contributed by atoms with Gasteiger partial charge >= 0.3 is 6.09 Å². The summed E-state index contributed by atoms with van der Waals surface area (Å²) < 4.78 is 5.48. The molecule has 0 aromatic heterocycles. The van der Waals surface area contributed by atoms with Crippen LogP contribution in [-0.2, 0) is 6.42 Å². The summed E-state index contributed by atoms with van der Waals surface area (Å²) in [6.45, 7) is 2.82. The Morgan fingerprint density at radius 3 is 2.70 bits per heavy atom. The number of halogens is 1. The fourth-order valence-corrected chi connectivity index (χ4v) is 2.89. The van der Waals surface area contributed by atoms with Crippen molar-refractivity contribution in [3.8, 4) is 5.75 Å². The lowest BCUT2D eigenvalue weighted by molar-refractivity contribution is 0.104. The van der Waals surface area contributed by atoms with Crippen LogP contribution in [-0.4, -0.2) is 48.0 Å². The van der Waals surface area contributed by atoms with Crippen LogP contribution in [0, 0.1) is 6.92 Å². The molecule has 6 heteroatoms. The van der Waals surface area contributed by atoms with E-state index < -0.39 is 6.09 Å². The average molecular weight is 300 g/mol. The van der Waals surface area contributed by atoms with Gasteiger partial charge in [0, 0.05) is 36.2 Å². The first-order valence-electron chi connectivity index (χ1n) is 6.44. The Bertz CT molecular complexity index is 526. The molecule has 110 valence electrons. The van der Waals surface area contributed by atoms with Crippen molar-refractivity contribution in [2.45, 2.75) is 19.3 Å². The van der Waals surface area contributed by atoms with Crippen LogP contribution in [0.25, 0.3) is 0 Å². The molecule has 1 aromatic carbocycles. The molecule has 1 fully saturated rings. The van der Waals surface area contributed by atoms with Crippen LogP contribution in [0.5, 0.6) is 5.75 Å². The summed E-state index contributed by atoms with van der Waals surface area (Å²) in [4.78, 5) is 12.2. The van der Waals surface area contributed by atoms with Crippen LogP contribution >= 0.6 is 11.6 Å². The molecule has 0 saturated carbocycles. The van der Waals surface area contributed by atoms with Gasteiger partial charge in [0.25, 0.3) is 0 Å². The molecule has 0 bridgehead atoms. The maximum absolute atomic E-state index is 10.9. The lowest BCUT2D eigenvalue weighted by atomic mass is 9.86. The molecule has 1 aromatic rings. The van der Waals surface area contributed by atoms with E-state index in [-0.39, 0.29) is 12.5 Å². The van der Waals surface area contributed by atoms with Gasteiger partial charge < -0.3 is 19.8 Å². The first-order valence-corrected chi connectivity index (χ1v) is 6.82. The van der Waals surface area contributed by atoms with Crippen molar-refractivity contribution < 1.29 is 19.7 Å². The molecule has 1 amide bonds. The smallest absolute Gasteiger partial charge is 0.407 e. The summed E-state index contributed by atoms with van der Waals surface area (Å²) in [7, 11) is 1.58. The molecule has 20 heavy (non-hydrogen) atoms. The number of methoxy groups -OCH3 is 1. The SMILES string of the molecule is COc1c(CCO)cc(Cl)c(C)c1C1CN(C(=O)O)C1. The molecule has 5 nitrogen and oxygen atoms in total. The number of hydrogen-bond donors (Lipinski definition) is 2. The highest BCUT2D eigenvalue weighted by Crippen LogP contribution is 2.41. The van der Waals surface area contributed by atoms with Crippen molar-refractivity contribution >= 4 is 17.7 Å². The Hall–Kier alpha value is -1.46. The first kappa shape index (κ1) is 14.9. The second-order valence-electron chi connectivity index (χ2n) is 4.95. The van der Waals surface area contributed by atoms with Gasteiger partial charge in [0.2, 0.25) is 0 Å². The van der Waals surface area contributed by atoms with Crippen molar-refractivity contribution in [3.63, 3.8) is 0 Å². The standard InChI is InChI=1S/C14H18ClNO4/c1-8-11(15)5-9(3-4-17)13(20-2)12(8)10-6-16(7-10)14(18)19/h5,10,17H,3-4,6-7H2,1-2H3,(H,18,19). The third-order valence-electron chi connectivity index (χ3n) is 3.75. The molecule has 1 saturated heterocycles. The fourth-order valence-electron chi connectivity index (χ4n) is 2.65. The normalized spacial score (nSPS) is 15.1. The number of benzene rings is 1. The third kappa shape index (κ3) is 2.55. The summed E-state index contributed by atoms with van der Waals surface area (Å²) in [5.41, 5.74) is 2.73. The maximum Gasteiger partial charge on any atom is 0.407 e. The molecule has 0 unspecified atom stereocenters. The lowest BCUT2D eigenvalue weighted by Crippen LogP contribution is -2.48. The number of nitrogens with zero attached hydrogens (tertiary/aromatic N) is 1. The average Bonchev–Trinajstić information content (AvgIpc) is 2.33. The van der Waals surface area contributed by atoms with Crippen LogP contribution in [0.1, 0.15) is 22.6 Å². The Morgan fingerprint density at radius 1 is 1.55 bits per heavy atom. The molecule has 0 spiro atoms. The zero-order valence-electron chi connectivity index (χ0n) is 11.5. The molecule has 2 rings (SSSR count). The van der Waals surface area contributed by atoms with Gasteiger partial charge in [-0.25, -0.2) is 4.79 Å². The minimum atomic E-state index is -0.907.